The van der Waals surface area contributed by atoms with Gasteiger partial charge in [-0.3, -0.25) is 0 Å². The van der Waals surface area contributed by atoms with Crippen LogP contribution in [-0.2, 0) is 189 Å². The lowest BCUT2D eigenvalue weighted by Gasteiger charge is -2.53. The summed E-state index contributed by atoms with van der Waals surface area (Å²) >= 11 is 0. The Bertz CT molecular complexity index is 2090. The molecular weight excluding hydrogens is 1500 g/mol. The van der Waals surface area contributed by atoms with E-state index >= 15 is 0 Å². The highest BCUT2D eigenvalue weighted by atomic mass is 16.8. The van der Waals surface area contributed by atoms with Crippen LogP contribution in [0.25, 0.3) is 0 Å². The molecule has 30 heterocycles. The summed E-state index contributed by atoms with van der Waals surface area (Å²) in [6, 6.07) is 0. The summed E-state index contributed by atoms with van der Waals surface area (Å²) in [7, 11) is 36.1. The third kappa shape index (κ3) is 20.6. The lowest BCUT2D eigenvalue weighted by molar-refractivity contribution is -0.410. The molecule has 30 rings (SSSR count). The van der Waals surface area contributed by atoms with Crippen molar-refractivity contribution in [3.05, 3.63) is 0 Å². The second-order valence-electron chi connectivity index (χ2n) is 28.0. The molecule has 30 fully saturated rings. The quantitative estimate of drug-likeness (QED) is 0.0724. The Hall–Kier alpha value is -1.60. The Balaban J connectivity index is 1.13. The minimum absolute atomic E-state index is 0.0598. The van der Waals surface area contributed by atoms with Gasteiger partial charge in [0.15, 0.2) is 50.3 Å². The Kier molecular flexibility index (Phi) is 39.1. The van der Waals surface area contributed by atoms with Gasteiger partial charge in [-0.25, -0.2) is 0 Å². The fraction of sp³-hybridized carbons (Fsp3) is 1.00. The first-order chi connectivity index (χ1) is 54.5. The van der Waals surface area contributed by atoms with Crippen molar-refractivity contribution in [3.8, 4) is 0 Å². The average Bonchev–Trinajstić information content (AvgIpc) is 0.763. The molecule has 40 heteroatoms. The molecule has 0 aromatic heterocycles. The number of hydrogen-bond acceptors (Lipinski definition) is 40. The van der Waals surface area contributed by atoms with Gasteiger partial charge in [0, 0.05) is 171 Å². The normalized spacial score (nSPS) is 46.1. The van der Waals surface area contributed by atoms with Gasteiger partial charge in [0.2, 0.25) is 0 Å². The second kappa shape index (κ2) is 46.4. The lowest BCUT2D eigenvalue weighted by atomic mass is 9.94. The summed E-state index contributed by atoms with van der Waals surface area (Å²) in [6.07, 6.45) is -42.2. The Morgan fingerprint density at radius 3 is 0.286 bits per heavy atom. The zero-order valence-electron chi connectivity index (χ0n) is 69.1. The SMILES string of the molecule is COC[C@H]1O[C@H]2O[C@H]3[C@H](OC)[C@@H](OC)[C@H](O[C@H]4[C@H](OC)[C@@H](OC)[C@H](O[C@H]5[C@H](OC)[C@@H](OC)[C@H](O[C@H]6[C@H](OC)[C@@H](OC)[C@H](O[C@H]7[C@H](OC)[C@@H](OC)[C@H](O[C@H]8[C@H](OC)[C@@H](OC)[C@H](O[C@H]9[C@H](OC)[C@@H](OC)[C@H](O[C@H]1[C@H](OC)[C@H]2OC)O[C@@H]9COC)O[C@@H]8COC)O[C@@H]7COC)O[C@@H]6COC)O[C@@H]5COC)O[C@@H]4COC)O[C@@H]3COC. The number of rotatable bonds is 32. The second-order valence-corrected chi connectivity index (χ2v) is 28.0. The maximum Gasteiger partial charge on any atom is 0.187 e. The first-order valence-electron chi connectivity index (χ1n) is 37.4. The van der Waals surface area contributed by atoms with Crippen molar-refractivity contribution in [3.63, 3.8) is 0 Å². The molecule has 40 atom stereocenters. The number of methoxy groups -OCH3 is 24. The fourth-order valence-electron chi connectivity index (χ4n) is 17.0. The molecular formula is C72H128O40. The van der Waals surface area contributed by atoms with E-state index in [9.17, 15) is 0 Å². The van der Waals surface area contributed by atoms with Crippen LogP contribution < -0.4 is 0 Å². The van der Waals surface area contributed by atoms with Crippen LogP contribution in [0.4, 0.5) is 0 Å². The van der Waals surface area contributed by atoms with E-state index in [1.807, 2.05) is 0 Å². The average molecular weight is 1630 g/mol. The molecule has 0 unspecified atom stereocenters. The third-order valence-electron chi connectivity index (χ3n) is 22.1. The van der Waals surface area contributed by atoms with Gasteiger partial charge in [-0.05, 0) is 0 Å². The summed E-state index contributed by atoms with van der Waals surface area (Å²) in [5.41, 5.74) is 0. The minimum atomic E-state index is -1.25. The standard InChI is InChI=1S/C72H128O40/c1-73-25-33-41-49(81-9)57(89-17)65(97-33)106-42-34(26-74-2)99-67(59(91-19)50(42)82-10)108-44-36(28-76-4)101-69(61(93-21)52(44)84-12)110-46-38(30-78-6)103-71(63(95-23)54(46)86-14)112-48-40(32-80-8)104-72(64(96-24)56(48)88-16)111-47-39(31-79-7)102-70(62(94-22)55(47)87-15)109-45-37(29-77-5)100-68(60(92-20)53(45)85-13)107-43-35(27-75-3)98-66(105-41)58(90-18)51(43)83-11/h33-72H,25-32H2,1-24H3/t33-,34-,35-,36-,37-,38-,39-,40-,41-,42-,43-,44-,45-,46-,47-,48-,49+,50+,51+,52+,53+,54+,55+,56+,57-,58-,59-,60-,61-,62-,63-,64-,65+,66+,67+,68+,69+,70+,71+,72+/m1/s1. The predicted molar refractivity (Wildman–Crippen MR) is 376 cm³/mol. The highest BCUT2D eigenvalue weighted by Gasteiger charge is 2.63. The predicted octanol–water partition coefficient (Wildman–Crippen LogP) is -1.71. The lowest BCUT2D eigenvalue weighted by Crippen LogP contribution is -2.70. The highest BCUT2D eigenvalue weighted by Crippen LogP contribution is 2.44. The summed E-state index contributed by atoms with van der Waals surface area (Å²) < 4.78 is 260. The number of hydrogen-bond donors (Lipinski definition) is 0. The van der Waals surface area contributed by atoms with E-state index in [2.05, 4.69) is 0 Å². The third-order valence-corrected chi connectivity index (χ3v) is 22.1. The first-order valence-corrected chi connectivity index (χ1v) is 37.4. The molecule has 112 heavy (non-hydrogen) atoms. The van der Waals surface area contributed by atoms with Crippen LogP contribution in [0.15, 0.2) is 0 Å². The molecule has 40 nitrogen and oxygen atoms in total. The van der Waals surface area contributed by atoms with Crippen molar-refractivity contribution in [2.45, 2.75) is 246 Å². The summed E-state index contributed by atoms with van der Waals surface area (Å²) in [6.45, 7) is -0.478. The van der Waals surface area contributed by atoms with Gasteiger partial charge in [0.05, 0.1) is 52.9 Å². The largest absolute Gasteiger partial charge is 0.382 e. The van der Waals surface area contributed by atoms with Crippen LogP contribution in [0.2, 0.25) is 0 Å². The molecule has 30 aliphatic rings. The topological polar surface area (TPSA) is 369 Å². The van der Waals surface area contributed by atoms with Gasteiger partial charge in [-0.15, -0.1) is 0 Å². The highest BCUT2D eigenvalue weighted by molar-refractivity contribution is 5.05. The molecule has 0 saturated carbocycles. The molecule has 0 aromatic rings. The van der Waals surface area contributed by atoms with Crippen molar-refractivity contribution in [1.29, 1.82) is 0 Å². The van der Waals surface area contributed by atoms with E-state index in [0.29, 0.717) is 0 Å². The van der Waals surface area contributed by atoms with Gasteiger partial charge in [-0.2, -0.15) is 0 Å². The fourth-order valence-corrected chi connectivity index (χ4v) is 17.0. The Morgan fingerprint density at radius 2 is 0.214 bits per heavy atom. The summed E-state index contributed by atoms with van der Waals surface area (Å²) in [5, 5.41) is 0. The van der Waals surface area contributed by atoms with Crippen LogP contribution in [0.3, 0.4) is 0 Å². The minimum Gasteiger partial charge on any atom is -0.382 e. The zero-order chi connectivity index (χ0) is 81.0. The molecule has 0 N–H and O–H groups in total. The van der Waals surface area contributed by atoms with Gasteiger partial charge < -0.3 is 189 Å². The van der Waals surface area contributed by atoms with Crippen molar-refractivity contribution >= 4 is 0 Å². The molecule has 0 aromatic carbocycles. The molecule has 656 valence electrons. The van der Waals surface area contributed by atoms with Crippen molar-refractivity contribution < 1.29 is 189 Å². The zero-order valence-corrected chi connectivity index (χ0v) is 69.1. The van der Waals surface area contributed by atoms with E-state index in [4.69, 9.17) is 189 Å². The molecule has 0 amide bonds. The Labute approximate surface area is 656 Å². The van der Waals surface area contributed by atoms with Crippen LogP contribution in [0, 0.1) is 0 Å². The van der Waals surface area contributed by atoms with E-state index < -0.39 is 246 Å². The maximum absolute atomic E-state index is 7.07. The van der Waals surface area contributed by atoms with Crippen molar-refractivity contribution in [2.24, 2.45) is 0 Å². The molecule has 30 aliphatic heterocycles. The van der Waals surface area contributed by atoms with E-state index in [0.717, 1.165) is 0 Å². The Morgan fingerprint density at radius 1 is 0.125 bits per heavy atom. The van der Waals surface area contributed by atoms with Gasteiger partial charge in [-0.1, -0.05) is 0 Å². The van der Waals surface area contributed by atoms with Gasteiger partial charge in [0.1, 0.15) is 195 Å². The van der Waals surface area contributed by atoms with Crippen molar-refractivity contribution in [2.75, 3.05) is 223 Å². The van der Waals surface area contributed by atoms with Crippen LogP contribution in [0.5, 0.6) is 0 Å². The van der Waals surface area contributed by atoms with E-state index in [1.165, 1.54) is 171 Å². The summed E-state index contributed by atoms with van der Waals surface area (Å²) in [4.78, 5) is 0. The van der Waals surface area contributed by atoms with Crippen LogP contribution in [0.1, 0.15) is 0 Å². The molecule has 30 saturated heterocycles. The van der Waals surface area contributed by atoms with Gasteiger partial charge >= 0.3 is 0 Å². The molecule has 0 radical (unpaired) electrons. The summed E-state index contributed by atoms with van der Waals surface area (Å²) in [5.74, 6) is 0. The number of ether oxygens (including phenoxy) is 40. The molecule has 16 bridgehead atoms. The van der Waals surface area contributed by atoms with Gasteiger partial charge in [0.25, 0.3) is 0 Å². The molecule has 0 spiro atoms. The molecule has 0 aliphatic carbocycles. The van der Waals surface area contributed by atoms with Crippen LogP contribution in [-0.4, -0.2) is 469 Å². The smallest absolute Gasteiger partial charge is 0.187 e. The van der Waals surface area contributed by atoms with E-state index in [1.54, 1.807) is 0 Å². The van der Waals surface area contributed by atoms with Crippen molar-refractivity contribution in [1.82, 2.24) is 0 Å². The first kappa shape index (κ1) is 94.3. The maximum atomic E-state index is 7.07. The van der Waals surface area contributed by atoms with Crippen LogP contribution >= 0.6 is 0 Å². The monoisotopic (exact) mass is 1630 g/mol. The van der Waals surface area contributed by atoms with E-state index in [-0.39, 0.29) is 52.9 Å².